The molecular formula is C16H19N3O. The third-order valence-corrected chi connectivity index (χ3v) is 3.76. The van der Waals surface area contributed by atoms with Crippen molar-refractivity contribution in [1.29, 1.82) is 0 Å². The number of fused-ring (bicyclic) bond motifs is 1. The average Bonchev–Trinajstić information content (AvgIpc) is 2.90. The van der Waals surface area contributed by atoms with E-state index in [1.807, 2.05) is 41.1 Å². The highest BCUT2D eigenvalue weighted by Gasteiger charge is 2.08. The van der Waals surface area contributed by atoms with Gasteiger partial charge in [-0.3, -0.25) is 4.79 Å². The van der Waals surface area contributed by atoms with Crippen LogP contribution in [0.1, 0.15) is 32.1 Å². The summed E-state index contributed by atoms with van der Waals surface area (Å²) in [5.74, 6) is -0.0653. The number of hydrazone groups is 1. The van der Waals surface area contributed by atoms with Gasteiger partial charge >= 0.3 is 0 Å². The standard InChI is InChI=1S/C16H19N3O/c20-16(18-17-14-7-2-1-3-8-14)12-19-11-10-13-6-4-5-9-15(13)19/h4-6,9-11H,1-3,7-8,12H2,(H,18,20). The highest BCUT2D eigenvalue weighted by atomic mass is 16.2. The maximum atomic E-state index is 12.0. The summed E-state index contributed by atoms with van der Waals surface area (Å²) in [7, 11) is 0. The number of nitrogens with one attached hydrogen (secondary N) is 1. The second kappa shape index (κ2) is 5.90. The average molecular weight is 269 g/mol. The van der Waals surface area contributed by atoms with Crippen molar-refractivity contribution in [2.75, 3.05) is 0 Å². The largest absolute Gasteiger partial charge is 0.338 e. The Kier molecular flexibility index (Phi) is 3.81. The van der Waals surface area contributed by atoms with Gasteiger partial charge in [0.05, 0.1) is 0 Å². The van der Waals surface area contributed by atoms with Gasteiger partial charge in [-0.15, -0.1) is 0 Å². The minimum absolute atomic E-state index is 0.0653. The quantitative estimate of drug-likeness (QED) is 0.855. The molecule has 0 spiro atoms. The number of aromatic nitrogens is 1. The predicted octanol–water partition coefficient (Wildman–Crippen LogP) is 3.08. The van der Waals surface area contributed by atoms with E-state index < -0.39 is 0 Å². The van der Waals surface area contributed by atoms with Crippen molar-refractivity contribution >= 4 is 22.5 Å². The third-order valence-electron chi connectivity index (χ3n) is 3.76. The molecule has 1 aliphatic rings. The number of nitrogens with zero attached hydrogens (tertiary/aromatic N) is 2. The normalized spacial score (nSPS) is 15.3. The molecule has 0 saturated heterocycles. The highest BCUT2D eigenvalue weighted by Crippen LogP contribution is 2.15. The second-order valence-electron chi connectivity index (χ2n) is 5.28. The molecule has 20 heavy (non-hydrogen) atoms. The molecule has 0 bridgehead atoms. The smallest absolute Gasteiger partial charge is 0.259 e. The molecule has 0 radical (unpaired) electrons. The van der Waals surface area contributed by atoms with Crippen LogP contribution in [0.2, 0.25) is 0 Å². The van der Waals surface area contributed by atoms with Crippen molar-refractivity contribution in [1.82, 2.24) is 9.99 Å². The first-order valence-corrected chi connectivity index (χ1v) is 7.21. The van der Waals surface area contributed by atoms with Crippen LogP contribution in [0.4, 0.5) is 0 Å². The van der Waals surface area contributed by atoms with E-state index in [2.05, 4.69) is 10.5 Å². The summed E-state index contributed by atoms with van der Waals surface area (Å²) in [6, 6.07) is 10.1. The van der Waals surface area contributed by atoms with E-state index in [-0.39, 0.29) is 5.91 Å². The molecule has 1 aromatic carbocycles. The van der Waals surface area contributed by atoms with Crippen LogP contribution in [-0.2, 0) is 11.3 Å². The lowest BCUT2D eigenvalue weighted by Gasteiger charge is -2.12. The summed E-state index contributed by atoms with van der Waals surface area (Å²) in [5.41, 5.74) is 4.89. The van der Waals surface area contributed by atoms with E-state index in [1.54, 1.807) is 0 Å². The topological polar surface area (TPSA) is 46.4 Å². The number of amides is 1. The van der Waals surface area contributed by atoms with Crippen LogP contribution >= 0.6 is 0 Å². The molecule has 1 aliphatic carbocycles. The third kappa shape index (κ3) is 2.90. The summed E-state index contributed by atoms with van der Waals surface area (Å²) in [6.07, 6.45) is 7.65. The fraction of sp³-hybridized carbons (Fsp3) is 0.375. The number of benzene rings is 1. The first kappa shape index (κ1) is 12.9. The van der Waals surface area contributed by atoms with Gasteiger partial charge in [0.25, 0.3) is 5.91 Å². The number of carbonyl (C=O) groups excluding carboxylic acids is 1. The van der Waals surface area contributed by atoms with Crippen molar-refractivity contribution in [3.63, 3.8) is 0 Å². The van der Waals surface area contributed by atoms with Gasteiger partial charge in [-0.1, -0.05) is 24.6 Å². The van der Waals surface area contributed by atoms with Crippen molar-refractivity contribution in [2.24, 2.45) is 5.10 Å². The Morgan fingerprint density at radius 1 is 1.15 bits per heavy atom. The van der Waals surface area contributed by atoms with Gasteiger partial charge in [-0.05, 0) is 43.2 Å². The Balaban J connectivity index is 1.64. The molecule has 1 fully saturated rings. The van der Waals surface area contributed by atoms with Gasteiger partial charge in [-0.25, -0.2) is 5.43 Å². The molecule has 1 aromatic heterocycles. The molecular weight excluding hydrogens is 250 g/mol. The van der Waals surface area contributed by atoms with Gasteiger partial charge in [0.2, 0.25) is 0 Å². The maximum absolute atomic E-state index is 12.0. The van der Waals surface area contributed by atoms with Crippen LogP contribution < -0.4 is 5.43 Å². The van der Waals surface area contributed by atoms with Crippen molar-refractivity contribution < 1.29 is 4.79 Å². The van der Waals surface area contributed by atoms with Crippen LogP contribution in [0.25, 0.3) is 10.9 Å². The molecule has 3 rings (SSSR count). The number of hydrogen-bond donors (Lipinski definition) is 1. The molecule has 0 unspecified atom stereocenters. The summed E-state index contributed by atoms with van der Waals surface area (Å²) < 4.78 is 1.95. The van der Waals surface area contributed by atoms with E-state index in [9.17, 15) is 4.79 Å². The highest BCUT2D eigenvalue weighted by molar-refractivity contribution is 5.87. The second-order valence-corrected chi connectivity index (χ2v) is 5.28. The van der Waals surface area contributed by atoms with Gasteiger partial charge in [0, 0.05) is 17.4 Å². The zero-order chi connectivity index (χ0) is 13.8. The summed E-state index contributed by atoms with van der Waals surface area (Å²) in [5, 5.41) is 5.40. The van der Waals surface area contributed by atoms with E-state index in [0.717, 1.165) is 29.5 Å². The molecule has 104 valence electrons. The van der Waals surface area contributed by atoms with Crippen LogP contribution in [0, 0.1) is 0 Å². The molecule has 1 N–H and O–H groups in total. The summed E-state index contributed by atoms with van der Waals surface area (Å²) in [6.45, 7) is 0.310. The number of para-hydroxylation sites is 1. The molecule has 2 aromatic rings. The Morgan fingerprint density at radius 2 is 1.95 bits per heavy atom. The lowest BCUT2D eigenvalue weighted by atomic mass is 9.99. The molecule has 1 amide bonds. The predicted molar refractivity (Wildman–Crippen MR) is 80.6 cm³/mol. The lowest BCUT2D eigenvalue weighted by Crippen LogP contribution is -2.24. The number of carbonyl (C=O) groups is 1. The van der Waals surface area contributed by atoms with Crippen LogP contribution in [0.3, 0.4) is 0 Å². The zero-order valence-electron chi connectivity index (χ0n) is 11.5. The lowest BCUT2D eigenvalue weighted by molar-refractivity contribution is -0.121. The van der Waals surface area contributed by atoms with Crippen LogP contribution in [0.5, 0.6) is 0 Å². The van der Waals surface area contributed by atoms with Gasteiger partial charge in [0.1, 0.15) is 6.54 Å². The van der Waals surface area contributed by atoms with E-state index >= 15 is 0 Å². The van der Waals surface area contributed by atoms with E-state index in [4.69, 9.17) is 0 Å². The van der Waals surface area contributed by atoms with Crippen LogP contribution in [0.15, 0.2) is 41.6 Å². The fourth-order valence-electron chi connectivity index (χ4n) is 2.68. The SMILES string of the molecule is O=C(Cn1ccc2ccccc21)NN=C1CCCCC1. The monoisotopic (exact) mass is 269 g/mol. The van der Waals surface area contributed by atoms with Gasteiger partial charge in [0.15, 0.2) is 0 Å². The Bertz CT molecular complexity index is 634. The molecule has 1 saturated carbocycles. The molecule has 4 heteroatoms. The van der Waals surface area contributed by atoms with E-state index in [0.29, 0.717) is 6.54 Å². The zero-order valence-corrected chi connectivity index (χ0v) is 11.5. The number of rotatable bonds is 3. The molecule has 0 aliphatic heterocycles. The summed E-state index contributed by atoms with van der Waals surface area (Å²) >= 11 is 0. The molecule has 4 nitrogen and oxygen atoms in total. The first-order valence-electron chi connectivity index (χ1n) is 7.21. The van der Waals surface area contributed by atoms with Crippen LogP contribution in [-0.4, -0.2) is 16.2 Å². The van der Waals surface area contributed by atoms with E-state index in [1.165, 1.54) is 19.3 Å². The van der Waals surface area contributed by atoms with Gasteiger partial charge < -0.3 is 4.57 Å². The maximum Gasteiger partial charge on any atom is 0.259 e. The molecule has 0 atom stereocenters. The Hall–Kier alpha value is -2.10. The summed E-state index contributed by atoms with van der Waals surface area (Å²) in [4.78, 5) is 12.0. The fourth-order valence-corrected chi connectivity index (χ4v) is 2.68. The minimum atomic E-state index is -0.0653. The molecule has 1 heterocycles. The minimum Gasteiger partial charge on any atom is -0.338 e. The van der Waals surface area contributed by atoms with Crippen molar-refractivity contribution in [2.45, 2.75) is 38.6 Å². The van der Waals surface area contributed by atoms with Crippen molar-refractivity contribution in [3.05, 3.63) is 36.5 Å². The number of hydrogen-bond acceptors (Lipinski definition) is 2. The van der Waals surface area contributed by atoms with Gasteiger partial charge in [-0.2, -0.15) is 5.10 Å². The Labute approximate surface area is 118 Å². The Morgan fingerprint density at radius 3 is 2.80 bits per heavy atom. The van der Waals surface area contributed by atoms with Crippen molar-refractivity contribution in [3.8, 4) is 0 Å². The first-order chi connectivity index (χ1) is 9.83.